The van der Waals surface area contributed by atoms with E-state index in [1.165, 1.54) is 13.0 Å². The molecule has 0 N–H and O–H groups in total. The number of carbonyl (C=O) groups excluding carboxylic acids is 4. The van der Waals surface area contributed by atoms with Gasteiger partial charge in [-0.15, -0.1) is 0 Å². The molecule has 1 aromatic carbocycles. The number of nitrogens with zero attached hydrogens (tertiary/aromatic N) is 2. The van der Waals surface area contributed by atoms with Crippen molar-refractivity contribution >= 4 is 23.9 Å². The summed E-state index contributed by atoms with van der Waals surface area (Å²) in [5.41, 5.74) is -1.61. The zero-order valence-electron chi connectivity index (χ0n) is 18.1. The lowest BCUT2D eigenvalue weighted by Gasteiger charge is -2.44. The van der Waals surface area contributed by atoms with Gasteiger partial charge in [-0.1, -0.05) is 30.4 Å². The summed E-state index contributed by atoms with van der Waals surface area (Å²) in [6, 6.07) is 6.73. The largest absolute Gasteiger partial charge is 0.459 e. The molecule has 0 spiro atoms. The van der Waals surface area contributed by atoms with Crippen LogP contribution in [0.4, 0.5) is 4.79 Å². The average molecular weight is 416 g/mol. The van der Waals surface area contributed by atoms with E-state index >= 15 is 0 Å². The second-order valence-electron chi connectivity index (χ2n) is 8.22. The molecular formula is C22H28N2O6. The van der Waals surface area contributed by atoms with Crippen LogP contribution in [0.2, 0.25) is 0 Å². The third kappa shape index (κ3) is 4.69. The second-order valence-corrected chi connectivity index (χ2v) is 8.22. The number of ether oxygens (including phenoxy) is 2. The Labute approximate surface area is 176 Å². The predicted molar refractivity (Wildman–Crippen MR) is 110 cm³/mol. The number of carbonyl (C=O) groups is 4. The van der Waals surface area contributed by atoms with E-state index in [0.29, 0.717) is 5.56 Å². The number of hydrogen-bond acceptors (Lipinski definition) is 6. The summed E-state index contributed by atoms with van der Waals surface area (Å²) in [6.07, 6.45) is 0.512. The lowest BCUT2D eigenvalue weighted by atomic mass is 9.94. The molecule has 0 saturated carbocycles. The first-order valence-corrected chi connectivity index (χ1v) is 9.63. The Morgan fingerprint density at radius 3 is 2.30 bits per heavy atom. The maximum Gasteiger partial charge on any atom is 0.411 e. The molecule has 1 fully saturated rings. The summed E-state index contributed by atoms with van der Waals surface area (Å²) < 4.78 is 10.5. The number of amides is 3. The molecule has 0 aromatic heterocycles. The molecule has 0 radical (unpaired) electrons. The Hall–Kier alpha value is -3.16. The average Bonchev–Trinajstić information content (AvgIpc) is 2.66. The maximum atomic E-state index is 13.3. The number of imide groups is 1. The standard InChI is InChI=1S/C22H28N2O6/c1-7-14-29-19(27)22(6)18(26)23(17(25)16-10-8-15(2)9-11-16)12-13-24(22)20(28)30-21(3,4)5/h7-11H,1,12-14H2,2-6H3. The lowest BCUT2D eigenvalue weighted by molar-refractivity contribution is -0.168. The lowest BCUT2D eigenvalue weighted by Crippen LogP contribution is -2.70. The monoisotopic (exact) mass is 416 g/mol. The van der Waals surface area contributed by atoms with Crippen LogP contribution in [0.25, 0.3) is 0 Å². The van der Waals surface area contributed by atoms with Gasteiger partial charge in [-0.2, -0.15) is 0 Å². The highest BCUT2D eigenvalue weighted by Gasteiger charge is 2.57. The molecule has 0 aliphatic carbocycles. The first-order chi connectivity index (χ1) is 13.9. The molecule has 1 aliphatic rings. The van der Waals surface area contributed by atoms with E-state index < -0.39 is 35.0 Å². The van der Waals surface area contributed by atoms with Gasteiger partial charge in [0, 0.05) is 18.7 Å². The number of esters is 1. The number of piperazine rings is 1. The minimum Gasteiger partial charge on any atom is -0.459 e. The van der Waals surface area contributed by atoms with Crippen LogP contribution in [-0.2, 0) is 19.1 Å². The van der Waals surface area contributed by atoms with Crippen molar-refractivity contribution in [3.63, 3.8) is 0 Å². The van der Waals surface area contributed by atoms with Crippen molar-refractivity contribution in [2.75, 3.05) is 19.7 Å². The molecule has 2 rings (SSSR count). The molecule has 0 bridgehead atoms. The van der Waals surface area contributed by atoms with E-state index in [1.54, 1.807) is 45.0 Å². The molecular weight excluding hydrogens is 388 g/mol. The molecule has 8 heteroatoms. The molecule has 8 nitrogen and oxygen atoms in total. The molecule has 1 atom stereocenters. The quantitative estimate of drug-likeness (QED) is 0.324. The van der Waals surface area contributed by atoms with Gasteiger partial charge < -0.3 is 9.47 Å². The van der Waals surface area contributed by atoms with Crippen LogP contribution in [0.1, 0.15) is 43.6 Å². The van der Waals surface area contributed by atoms with Gasteiger partial charge in [0.25, 0.3) is 11.8 Å². The minimum atomic E-state index is -2.05. The van der Waals surface area contributed by atoms with E-state index in [2.05, 4.69) is 6.58 Å². The molecule has 1 aliphatic heterocycles. The molecule has 162 valence electrons. The first-order valence-electron chi connectivity index (χ1n) is 9.63. The zero-order valence-corrected chi connectivity index (χ0v) is 18.1. The van der Waals surface area contributed by atoms with Crippen molar-refractivity contribution in [1.82, 2.24) is 9.80 Å². The number of hydrogen-bond donors (Lipinski definition) is 0. The molecule has 3 amide bonds. The van der Waals surface area contributed by atoms with E-state index in [9.17, 15) is 19.2 Å². The highest BCUT2D eigenvalue weighted by molar-refractivity contribution is 6.16. The highest BCUT2D eigenvalue weighted by atomic mass is 16.6. The molecule has 1 saturated heterocycles. The Balaban J connectivity index is 2.40. The van der Waals surface area contributed by atoms with E-state index in [-0.39, 0.29) is 19.7 Å². The topological polar surface area (TPSA) is 93.2 Å². The Kier molecular flexibility index (Phi) is 6.70. The van der Waals surface area contributed by atoms with Crippen molar-refractivity contribution in [3.05, 3.63) is 48.0 Å². The van der Waals surface area contributed by atoms with Crippen molar-refractivity contribution < 1.29 is 28.7 Å². The maximum absolute atomic E-state index is 13.3. The Bertz CT molecular complexity index is 855. The third-order valence-corrected chi connectivity index (χ3v) is 4.64. The first kappa shape index (κ1) is 23.1. The molecule has 30 heavy (non-hydrogen) atoms. The van der Waals surface area contributed by atoms with Crippen molar-refractivity contribution in [3.8, 4) is 0 Å². The van der Waals surface area contributed by atoms with E-state index in [1.807, 2.05) is 6.92 Å². The fourth-order valence-corrected chi connectivity index (χ4v) is 3.01. The van der Waals surface area contributed by atoms with Gasteiger partial charge in [0.2, 0.25) is 5.54 Å². The van der Waals surface area contributed by atoms with Gasteiger partial charge in [-0.05, 0) is 46.8 Å². The van der Waals surface area contributed by atoms with Gasteiger partial charge >= 0.3 is 12.1 Å². The third-order valence-electron chi connectivity index (χ3n) is 4.64. The van der Waals surface area contributed by atoms with Crippen LogP contribution in [0, 0.1) is 6.92 Å². The van der Waals surface area contributed by atoms with Crippen molar-refractivity contribution in [2.24, 2.45) is 0 Å². The second kappa shape index (κ2) is 8.69. The number of rotatable bonds is 4. The fourth-order valence-electron chi connectivity index (χ4n) is 3.01. The van der Waals surface area contributed by atoms with Gasteiger partial charge in [0.05, 0.1) is 0 Å². The van der Waals surface area contributed by atoms with Gasteiger partial charge in [0.15, 0.2) is 0 Å². The molecule has 1 heterocycles. The summed E-state index contributed by atoms with van der Waals surface area (Å²) >= 11 is 0. The van der Waals surface area contributed by atoms with Crippen molar-refractivity contribution in [1.29, 1.82) is 0 Å². The van der Waals surface area contributed by atoms with Crippen LogP contribution in [0.3, 0.4) is 0 Å². The van der Waals surface area contributed by atoms with Crippen LogP contribution in [0.15, 0.2) is 36.9 Å². The van der Waals surface area contributed by atoms with Crippen LogP contribution in [0.5, 0.6) is 0 Å². The summed E-state index contributed by atoms with van der Waals surface area (Å²) in [6.45, 7) is 11.4. The summed E-state index contributed by atoms with van der Waals surface area (Å²) in [7, 11) is 0. The summed E-state index contributed by atoms with van der Waals surface area (Å²) in [5, 5.41) is 0. The van der Waals surface area contributed by atoms with Crippen molar-refractivity contribution in [2.45, 2.75) is 45.8 Å². The smallest absolute Gasteiger partial charge is 0.411 e. The molecule has 1 aromatic rings. The Morgan fingerprint density at radius 2 is 1.77 bits per heavy atom. The van der Waals surface area contributed by atoms with Gasteiger partial charge in [0.1, 0.15) is 12.2 Å². The van der Waals surface area contributed by atoms with Gasteiger partial charge in [-0.25, -0.2) is 9.59 Å². The zero-order chi connectivity index (χ0) is 22.7. The van der Waals surface area contributed by atoms with Crippen LogP contribution in [-0.4, -0.2) is 64.5 Å². The molecule has 1 unspecified atom stereocenters. The highest BCUT2D eigenvalue weighted by Crippen LogP contribution is 2.28. The minimum absolute atomic E-state index is 0.0715. The fraction of sp³-hybridized carbons (Fsp3) is 0.455. The number of aryl methyl sites for hydroxylation is 1. The van der Waals surface area contributed by atoms with Crippen LogP contribution >= 0.6 is 0 Å². The summed E-state index contributed by atoms with van der Waals surface area (Å²) in [5.74, 6) is -2.36. The van der Waals surface area contributed by atoms with E-state index in [4.69, 9.17) is 9.47 Å². The SMILES string of the molecule is C=CCOC(=O)C1(C)C(=O)N(C(=O)c2ccc(C)cc2)CCN1C(=O)OC(C)(C)C. The predicted octanol–water partition coefficient (Wildman–Crippen LogP) is 2.70. The van der Waals surface area contributed by atoms with Gasteiger partial charge in [-0.3, -0.25) is 19.4 Å². The van der Waals surface area contributed by atoms with Crippen LogP contribution < -0.4 is 0 Å². The number of benzene rings is 1. The summed E-state index contributed by atoms with van der Waals surface area (Å²) in [4.78, 5) is 53.9. The van der Waals surface area contributed by atoms with E-state index in [0.717, 1.165) is 15.4 Å². The normalized spacial score (nSPS) is 19.3. The Morgan fingerprint density at radius 1 is 1.17 bits per heavy atom.